The maximum atomic E-state index is 13.1. The van der Waals surface area contributed by atoms with Crippen LogP contribution in [-0.4, -0.2) is 42.5 Å². The molecule has 148 valence electrons. The lowest BCUT2D eigenvalue weighted by molar-refractivity contribution is -0.117. The number of carbonyl (C=O) groups excluding carboxylic acids is 2. The van der Waals surface area contributed by atoms with Gasteiger partial charge in [-0.15, -0.1) is 0 Å². The molecule has 2 aromatic rings. The zero-order valence-electron chi connectivity index (χ0n) is 16.8. The molecule has 1 atom stereocenters. The van der Waals surface area contributed by atoms with E-state index in [9.17, 15) is 9.59 Å². The number of aryl methyl sites for hydroxylation is 2. The molecule has 0 radical (unpaired) electrons. The summed E-state index contributed by atoms with van der Waals surface area (Å²) in [6.45, 7) is 7.08. The topological polar surface area (TPSA) is 58.6 Å². The predicted octanol–water partition coefficient (Wildman–Crippen LogP) is 3.87. The lowest BCUT2D eigenvalue weighted by Crippen LogP contribution is -2.42. The highest BCUT2D eigenvalue weighted by Crippen LogP contribution is 2.19. The Kier molecular flexibility index (Phi) is 6.47. The van der Waals surface area contributed by atoms with E-state index >= 15 is 0 Å². The molecule has 2 amide bonds. The summed E-state index contributed by atoms with van der Waals surface area (Å²) in [4.78, 5) is 27.4. The molecule has 1 fully saturated rings. The smallest absolute Gasteiger partial charge is 0.254 e. The van der Waals surface area contributed by atoms with E-state index in [0.29, 0.717) is 18.7 Å². The zero-order chi connectivity index (χ0) is 20.1. The van der Waals surface area contributed by atoms with Gasteiger partial charge in [0.2, 0.25) is 5.91 Å². The number of nitrogens with zero attached hydrogens (tertiary/aromatic N) is 1. The molecule has 0 unspecified atom stereocenters. The molecule has 0 saturated carbocycles. The molecule has 1 N–H and O–H groups in total. The number of hydrogen-bond donors (Lipinski definition) is 1. The van der Waals surface area contributed by atoms with Gasteiger partial charge in [-0.1, -0.05) is 29.8 Å². The minimum atomic E-state index is -0.201. The highest BCUT2D eigenvalue weighted by Gasteiger charge is 2.25. The third kappa shape index (κ3) is 4.98. The monoisotopic (exact) mass is 380 g/mol. The summed E-state index contributed by atoms with van der Waals surface area (Å²) in [5, 5.41) is 2.95. The number of amides is 2. The number of anilines is 1. The Morgan fingerprint density at radius 2 is 1.93 bits per heavy atom. The average Bonchev–Trinajstić information content (AvgIpc) is 3.17. The molecule has 3 rings (SSSR count). The fourth-order valence-corrected chi connectivity index (χ4v) is 3.46. The van der Waals surface area contributed by atoms with Gasteiger partial charge in [-0.05, 0) is 62.9 Å². The Balaban J connectivity index is 1.75. The Labute approximate surface area is 166 Å². The fraction of sp³-hybridized carbons (Fsp3) is 0.391. The van der Waals surface area contributed by atoms with E-state index in [1.165, 1.54) is 0 Å². The van der Waals surface area contributed by atoms with Crippen LogP contribution in [0.3, 0.4) is 0 Å². The zero-order valence-corrected chi connectivity index (χ0v) is 16.8. The van der Waals surface area contributed by atoms with Crippen molar-refractivity contribution >= 4 is 17.5 Å². The number of benzene rings is 2. The Morgan fingerprint density at radius 1 is 1.14 bits per heavy atom. The molecule has 28 heavy (non-hydrogen) atoms. The molecule has 0 aromatic heterocycles. The minimum absolute atomic E-state index is 0.0000170. The Bertz CT molecular complexity index is 857. The van der Waals surface area contributed by atoms with Gasteiger partial charge in [0.1, 0.15) is 6.54 Å². The van der Waals surface area contributed by atoms with Gasteiger partial charge in [-0.3, -0.25) is 9.59 Å². The quantitative estimate of drug-likeness (QED) is 0.828. The first-order valence-corrected chi connectivity index (χ1v) is 9.77. The van der Waals surface area contributed by atoms with Crippen molar-refractivity contribution in [2.24, 2.45) is 0 Å². The SMILES string of the molecule is Cc1cccc(C(=O)N(CC(=O)Nc2cccc(C)c2C)C[C@@H]2CCCO2)c1. The fourth-order valence-electron chi connectivity index (χ4n) is 3.46. The van der Waals surface area contributed by atoms with Crippen LogP contribution in [0.2, 0.25) is 0 Å². The van der Waals surface area contributed by atoms with Gasteiger partial charge in [-0.25, -0.2) is 0 Å². The molecule has 1 aliphatic rings. The number of ether oxygens (including phenoxy) is 1. The van der Waals surface area contributed by atoms with E-state index in [2.05, 4.69) is 5.32 Å². The maximum absolute atomic E-state index is 13.1. The average molecular weight is 380 g/mol. The van der Waals surface area contributed by atoms with Crippen molar-refractivity contribution in [3.05, 3.63) is 64.7 Å². The van der Waals surface area contributed by atoms with Crippen molar-refractivity contribution in [2.45, 2.75) is 39.7 Å². The van der Waals surface area contributed by atoms with Crippen LogP contribution in [-0.2, 0) is 9.53 Å². The van der Waals surface area contributed by atoms with Crippen LogP contribution in [0.1, 0.15) is 39.9 Å². The molecule has 1 heterocycles. The minimum Gasteiger partial charge on any atom is -0.376 e. The summed E-state index contributed by atoms with van der Waals surface area (Å²) in [6.07, 6.45) is 1.89. The van der Waals surface area contributed by atoms with Crippen molar-refractivity contribution < 1.29 is 14.3 Å². The summed E-state index contributed by atoms with van der Waals surface area (Å²) in [7, 11) is 0. The lowest BCUT2D eigenvalue weighted by Gasteiger charge is -2.25. The van der Waals surface area contributed by atoms with Crippen LogP contribution in [0.15, 0.2) is 42.5 Å². The predicted molar refractivity (Wildman–Crippen MR) is 111 cm³/mol. The van der Waals surface area contributed by atoms with Crippen molar-refractivity contribution in [3.63, 3.8) is 0 Å². The second kappa shape index (κ2) is 9.02. The summed E-state index contributed by atoms with van der Waals surface area (Å²) in [5.41, 5.74) is 4.54. The molecule has 5 heteroatoms. The van der Waals surface area contributed by atoms with Gasteiger partial charge in [0.25, 0.3) is 5.91 Å². The van der Waals surface area contributed by atoms with Gasteiger partial charge < -0.3 is 15.0 Å². The normalized spacial score (nSPS) is 16.0. The van der Waals surface area contributed by atoms with E-state index < -0.39 is 0 Å². The Hall–Kier alpha value is -2.66. The second-order valence-corrected chi connectivity index (χ2v) is 7.49. The van der Waals surface area contributed by atoms with Gasteiger partial charge in [0.15, 0.2) is 0 Å². The van der Waals surface area contributed by atoms with Crippen LogP contribution < -0.4 is 5.32 Å². The van der Waals surface area contributed by atoms with Crippen molar-refractivity contribution in [3.8, 4) is 0 Å². The molecule has 0 bridgehead atoms. The van der Waals surface area contributed by atoms with Gasteiger partial charge in [-0.2, -0.15) is 0 Å². The van der Waals surface area contributed by atoms with E-state index in [1.807, 2.05) is 57.2 Å². The summed E-state index contributed by atoms with van der Waals surface area (Å²) in [6, 6.07) is 13.3. The lowest BCUT2D eigenvalue weighted by atomic mass is 10.1. The second-order valence-electron chi connectivity index (χ2n) is 7.49. The number of rotatable bonds is 6. The van der Waals surface area contributed by atoms with Crippen molar-refractivity contribution in [1.82, 2.24) is 4.90 Å². The van der Waals surface area contributed by atoms with Crippen LogP contribution >= 0.6 is 0 Å². The molecular weight excluding hydrogens is 352 g/mol. The molecule has 0 aliphatic carbocycles. The standard InChI is InChI=1S/C23H28N2O3/c1-16-7-4-9-19(13-16)23(27)25(14-20-10-6-12-28-20)15-22(26)24-21-11-5-8-17(2)18(21)3/h4-5,7-9,11,13,20H,6,10,12,14-15H2,1-3H3,(H,24,26)/t20-/m0/s1. The molecule has 2 aromatic carbocycles. The summed E-state index contributed by atoms with van der Waals surface area (Å²) in [5.74, 6) is -0.344. The summed E-state index contributed by atoms with van der Waals surface area (Å²) < 4.78 is 5.70. The van der Waals surface area contributed by atoms with Crippen molar-refractivity contribution in [1.29, 1.82) is 0 Å². The summed E-state index contributed by atoms with van der Waals surface area (Å²) >= 11 is 0. The van der Waals surface area contributed by atoms with Crippen LogP contribution in [0.25, 0.3) is 0 Å². The van der Waals surface area contributed by atoms with Crippen LogP contribution in [0.5, 0.6) is 0 Å². The van der Waals surface area contributed by atoms with E-state index in [0.717, 1.165) is 35.2 Å². The number of nitrogens with one attached hydrogen (secondary N) is 1. The van der Waals surface area contributed by atoms with Gasteiger partial charge in [0, 0.05) is 24.4 Å². The molecular formula is C23H28N2O3. The van der Waals surface area contributed by atoms with Crippen LogP contribution in [0.4, 0.5) is 5.69 Å². The first kappa shape index (κ1) is 20.1. The number of carbonyl (C=O) groups is 2. The third-order valence-corrected chi connectivity index (χ3v) is 5.21. The van der Waals surface area contributed by atoms with Crippen molar-refractivity contribution in [2.75, 3.05) is 25.0 Å². The Morgan fingerprint density at radius 3 is 2.64 bits per heavy atom. The van der Waals surface area contributed by atoms with Crippen LogP contribution in [0, 0.1) is 20.8 Å². The number of hydrogen-bond acceptors (Lipinski definition) is 3. The molecule has 1 saturated heterocycles. The molecule has 0 spiro atoms. The highest BCUT2D eigenvalue weighted by atomic mass is 16.5. The van der Waals surface area contributed by atoms with E-state index in [-0.39, 0.29) is 24.5 Å². The van der Waals surface area contributed by atoms with E-state index in [4.69, 9.17) is 4.74 Å². The largest absolute Gasteiger partial charge is 0.376 e. The van der Waals surface area contributed by atoms with Gasteiger partial charge in [0.05, 0.1) is 6.10 Å². The highest BCUT2D eigenvalue weighted by molar-refractivity contribution is 5.99. The first-order valence-electron chi connectivity index (χ1n) is 9.77. The van der Waals surface area contributed by atoms with Gasteiger partial charge >= 0.3 is 0 Å². The molecule has 5 nitrogen and oxygen atoms in total. The maximum Gasteiger partial charge on any atom is 0.254 e. The third-order valence-electron chi connectivity index (χ3n) is 5.21. The molecule has 1 aliphatic heterocycles. The first-order chi connectivity index (χ1) is 13.4. The van der Waals surface area contributed by atoms with E-state index in [1.54, 1.807) is 11.0 Å².